The molecule has 0 fully saturated rings. The standard InChI is InChI=1S/C44H62N10O18/c55-31(45-15-9-8-11-29(41(68)69)46-43(72)47-30(42(70)71)13-14-36(58)59)12-7-5-3-1-2-4-6-10-20-54-27-32-48(21-34(56)50(23-37(60)61)24-38(62)63)16-18-52(32)44(54)53-19-17-49(33(53)28-54)22-35(57)51(25-39(64)65)26-40(66)67/h16-19,29-30,44H,1-15,20-28H2,(H7-3,45,46,47,55,58,59,60,61,62,63,64,65,66,67,68,69,70,71,72)/p+3/t29-,30-,44?,54?/m0/s1. The zero-order valence-electron chi connectivity index (χ0n) is 39.8. The maximum Gasteiger partial charge on any atom is 0.380 e. The summed E-state index contributed by atoms with van der Waals surface area (Å²) in [7, 11) is 0. The van der Waals surface area contributed by atoms with Gasteiger partial charge >= 0.3 is 65.8 Å². The minimum Gasteiger partial charge on any atom is -0.481 e. The molecule has 2 atom stereocenters. The Morgan fingerprint density at radius 2 is 0.986 bits per heavy atom. The molecule has 0 bridgehead atoms. The number of imidazole rings is 2. The van der Waals surface area contributed by atoms with E-state index in [0.717, 1.165) is 66.4 Å². The average Bonchev–Trinajstić information content (AvgIpc) is 4.01. The number of carboxylic acids is 7. The quantitative estimate of drug-likeness (QED) is 0.0215. The summed E-state index contributed by atoms with van der Waals surface area (Å²) in [5, 5.41) is 71.8. The second kappa shape index (κ2) is 27.1. The molecule has 0 aliphatic carbocycles. The summed E-state index contributed by atoms with van der Waals surface area (Å²) in [4.78, 5) is 132. The van der Waals surface area contributed by atoms with E-state index < -0.39 is 104 Å². The van der Waals surface area contributed by atoms with Gasteiger partial charge in [0.2, 0.25) is 5.91 Å². The number of urea groups is 1. The molecular weight excluding hydrogens is 957 g/mol. The summed E-state index contributed by atoms with van der Waals surface area (Å²) in [5.41, 5.74) is 0. The van der Waals surface area contributed by atoms with Gasteiger partial charge in [-0.1, -0.05) is 32.1 Å². The van der Waals surface area contributed by atoms with Crippen LogP contribution < -0.4 is 25.1 Å². The van der Waals surface area contributed by atoms with Crippen LogP contribution >= 0.6 is 0 Å². The van der Waals surface area contributed by atoms with Crippen LogP contribution in [0.4, 0.5) is 4.79 Å². The lowest BCUT2D eigenvalue weighted by atomic mass is 10.1. The lowest BCUT2D eigenvalue weighted by Crippen LogP contribution is -2.51. The number of hydrogen-bond acceptors (Lipinski definition) is 11. The number of fused-ring (bicyclic) bond motifs is 5. The van der Waals surface area contributed by atoms with Gasteiger partial charge in [0, 0.05) is 19.4 Å². The predicted octanol–water partition coefficient (Wildman–Crippen LogP) is -1.42. The number of rotatable bonds is 35. The fraction of sp³-hybridized carbons (Fsp3) is 0.614. The van der Waals surface area contributed by atoms with Crippen LogP contribution in [0.5, 0.6) is 0 Å². The molecule has 396 valence electrons. The Labute approximate surface area is 412 Å². The largest absolute Gasteiger partial charge is 0.481 e. The topological polar surface area (TPSA) is 390 Å². The molecule has 4 heterocycles. The molecule has 0 saturated heterocycles. The molecule has 0 aromatic carbocycles. The summed E-state index contributed by atoms with van der Waals surface area (Å²) in [6.45, 7) is -1.99. The van der Waals surface area contributed by atoms with Gasteiger partial charge in [-0.3, -0.25) is 38.4 Å². The molecule has 0 radical (unpaired) electrons. The highest BCUT2D eigenvalue weighted by atomic mass is 16.4. The number of unbranched alkanes of at least 4 members (excludes halogenated alkanes) is 8. The third-order valence-electron chi connectivity index (χ3n) is 12.4. The summed E-state index contributed by atoms with van der Waals surface area (Å²) >= 11 is 0. The van der Waals surface area contributed by atoms with Crippen molar-refractivity contribution in [2.24, 2.45) is 0 Å². The predicted molar refractivity (Wildman–Crippen MR) is 240 cm³/mol. The van der Waals surface area contributed by atoms with E-state index in [2.05, 4.69) is 16.0 Å². The third-order valence-corrected chi connectivity index (χ3v) is 12.4. The van der Waals surface area contributed by atoms with E-state index in [1.807, 2.05) is 9.13 Å². The lowest BCUT2D eigenvalue weighted by Gasteiger charge is -2.28. The number of carboxylic acid groups (broad SMARTS) is 7. The second-order valence-electron chi connectivity index (χ2n) is 17.9. The molecule has 28 nitrogen and oxygen atoms in total. The number of aromatic nitrogens is 4. The smallest absolute Gasteiger partial charge is 0.380 e. The fourth-order valence-electron chi connectivity index (χ4n) is 9.03. The van der Waals surface area contributed by atoms with Crippen LogP contribution in [0.1, 0.15) is 108 Å². The van der Waals surface area contributed by atoms with E-state index in [4.69, 9.17) is 5.11 Å². The SMILES string of the molecule is O=C(O)CC[C@H](NC(=O)N[C@@H](CCCCNC(=O)CCCCCCCCCC[N+]12Cc3n(cc[n+]3CC(=O)N(CC(=O)O)CC(=O)O)C1n1cc[n+](CC(=O)N(CC(=O)O)CC(=O)O)c1C2)C(=O)O)C(=O)O. The molecule has 0 unspecified atom stereocenters. The first-order valence-corrected chi connectivity index (χ1v) is 23.6. The number of quaternary nitrogens is 1. The number of nitrogens with one attached hydrogen (secondary N) is 3. The monoisotopic (exact) mass is 1020 g/mol. The molecule has 28 heteroatoms. The Morgan fingerprint density at radius 3 is 1.42 bits per heavy atom. The van der Waals surface area contributed by atoms with E-state index in [0.29, 0.717) is 49.8 Å². The Hall–Kier alpha value is -7.65. The van der Waals surface area contributed by atoms with E-state index >= 15 is 0 Å². The van der Waals surface area contributed by atoms with Gasteiger partial charge in [0.15, 0.2) is 26.2 Å². The number of carbonyl (C=O) groups excluding carboxylic acids is 4. The highest BCUT2D eigenvalue weighted by Gasteiger charge is 2.63. The molecular formula is C44H65N10O18+3. The molecule has 2 aromatic heterocycles. The Balaban J connectivity index is 1.23. The first-order chi connectivity index (χ1) is 34.1. The Morgan fingerprint density at radius 1 is 0.556 bits per heavy atom. The second-order valence-corrected chi connectivity index (χ2v) is 17.9. The van der Waals surface area contributed by atoms with E-state index in [1.165, 1.54) is 0 Å². The van der Waals surface area contributed by atoms with Crippen molar-refractivity contribution in [1.29, 1.82) is 0 Å². The Kier molecular flexibility index (Phi) is 21.4. The number of nitrogens with zero attached hydrogens (tertiary/aromatic N) is 7. The van der Waals surface area contributed by atoms with Gasteiger partial charge in [0.05, 0.1) is 6.54 Å². The highest BCUT2D eigenvalue weighted by Crippen LogP contribution is 2.42. The van der Waals surface area contributed by atoms with Gasteiger partial charge in [0.25, 0.3) is 11.8 Å². The summed E-state index contributed by atoms with van der Waals surface area (Å²) in [6, 6.07) is -3.91. The maximum absolute atomic E-state index is 13.2. The Bertz CT molecular complexity index is 2200. The van der Waals surface area contributed by atoms with Crippen molar-refractivity contribution in [3.63, 3.8) is 0 Å². The molecule has 72 heavy (non-hydrogen) atoms. The maximum atomic E-state index is 13.2. The molecule has 2 aliphatic rings. The highest BCUT2D eigenvalue weighted by molar-refractivity contribution is 5.87. The van der Waals surface area contributed by atoms with Crippen molar-refractivity contribution in [1.82, 2.24) is 34.9 Å². The van der Waals surface area contributed by atoms with Crippen molar-refractivity contribution >= 4 is 65.5 Å². The van der Waals surface area contributed by atoms with E-state index in [-0.39, 0.29) is 44.7 Å². The molecule has 10 N–H and O–H groups in total. The summed E-state index contributed by atoms with van der Waals surface area (Å²) in [5.74, 6) is -9.57. The number of amides is 5. The third kappa shape index (κ3) is 17.0. The van der Waals surface area contributed by atoms with Gasteiger partial charge in [-0.25, -0.2) is 28.0 Å². The molecule has 5 amide bonds. The first kappa shape index (κ1) is 56.9. The molecule has 2 aliphatic heterocycles. The lowest BCUT2D eigenvalue weighted by molar-refractivity contribution is -0.982. The van der Waals surface area contributed by atoms with Crippen LogP contribution in [0, 0.1) is 0 Å². The van der Waals surface area contributed by atoms with Crippen molar-refractivity contribution < 1.29 is 102 Å². The van der Waals surface area contributed by atoms with Crippen LogP contribution in [0.3, 0.4) is 0 Å². The molecule has 4 rings (SSSR count). The van der Waals surface area contributed by atoms with E-state index in [1.54, 1.807) is 33.9 Å². The van der Waals surface area contributed by atoms with Crippen LogP contribution in [-0.2, 0) is 74.1 Å². The molecule has 0 spiro atoms. The zero-order chi connectivity index (χ0) is 53.1. The zero-order valence-corrected chi connectivity index (χ0v) is 39.8. The van der Waals surface area contributed by atoms with Crippen molar-refractivity contribution in [2.75, 3.05) is 39.3 Å². The van der Waals surface area contributed by atoms with Gasteiger partial charge in [-0.15, -0.1) is 9.13 Å². The van der Waals surface area contributed by atoms with Gasteiger partial charge in [0.1, 0.15) is 63.1 Å². The van der Waals surface area contributed by atoms with Gasteiger partial charge in [-0.2, -0.15) is 0 Å². The number of carbonyl (C=O) groups is 11. The van der Waals surface area contributed by atoms with Crippen LogP contribution in [-0.4, -0.2) is 176 Å². The van der Waals surface area contributed by atoms with E-state index in [9.17, 15) is 83.4 Å². The van der Waals surface area contributed by atoms with Gasteiger partial charge < -0.3 is 61.5 Å². The summed E-state index contributed by atoms with van der Waals surface area (Å²) < 4.78 is 7.75. The minimum atomic E-state index is -1.52. The summed E-state index contributed by atoms with van der Waals surface area (Å²) in [6.07, 6.45) is 13.6. The number of hydrogen-bond donors (Lipinski definition) is 10. The average molecular weight is 1020 g/mol. The molecule has 2 aromatic rings. The van der Waals surface area contributed by atoms with Crippen molar-refractivity contribution in [3.8, 4) is 0 Å². The van der Waals surface area contributed by atoms with Crippen LogP contribution in [0.2, 0.25) is 0 Å². The fourth-order valence-corrected chi connectivity index (χ4v) is 9.03. The minimum absolute atomic E-state index is 0.00861. The van der Waals surface area contributed by atoms with Crippen LogP contribution in [0.25, 0.3) is 0 Å². The van der Waals surface area contributed by atoms with Crippen molar-refractivity contribution in [2.45, 2.75) is 134 Å². The van der Waals surface area contributed by atoms with Gasteiger partial charge in [-0.05, 0) is 44.9 Å². The normalized spacial score (nSPS) is 16.0. The number of aliphatic carboxylic acids is 7. The molecule has 0 saturated carbocycles. The van der Waals surface area contributed by atoms with Crippen LogP contribution in [0.15, 0.2) is 24.8 Å². The van der Waals surface area contributed by atoms with Crippen molar-refractivity contribution in [3.05, 3.63) is 36.4 Å². The first-order valence-electron chi connectivity index (χ1n) is 23.6.